The minimum Gasteiger partial charge on any atom is -0.378 e. The van der Waals surface area contributed by atoms with Crippen molar-refractivity contribution in [3.8, 4) is 0 Å². The molecule has 7 heteroatoms. The summed E-state index contributed by atoms with van der Waals surface area (Å²) in [5.74, 6) is -0.105. The first-order valence-corrected chi connectivity index (χ1v) is 12.8. The predicted molar refractivity (Wildman–Crippen MR) is 146 cm³/mol. The van der Waals surface area contributed by atoms with Gasteiger partial charge in [-0.25, -0.2) is 4.98 Å². The lowest BCUT2D eigenvalue weighted by Gasteiger charge is -2.11. The second-order valence-corrected chi connectivity index (χ2v) is 10.4. The van der Waals surface area contributed by atoms with Crippen LogP contribution in [0.2, 0.25) is 0 Å². The van der Waals surface area contributed by atoms with Crippen LogP contribution in [0.4, 0.5) is 5.69 Å². The van der Waals surface area contributed by atoms with E-state index in [0.717, 1.165) is 26.5 Å². The Balaban J connectivity index is 1.62. The largest absolute Gasteiger partial charge is 0.378 e. The molecule has 0 amide bonds. The van der Waals surface area contributed by atoms with Gasteiger partial charge in [-0.05, 0) is 35.9 Å². The van der Waals surface area contributed by atoms with Crippen LogP contribution in [0.25, 0.3) is 22.4 Å². The second-order valence-electron chi connectivity index (χ2n) is 8.28. The first kappa shape index (κ1) is 23.0. The van der Waals surface area contributed by atoms with E-state index in [-0.39, 0.29) is 17.9 Å². The molecule has 0 N–H and O–H groups in total. The Morgan fingerprint density at radius 1 is 0.914 bits per heavy atom. The maximum atomic E-state index is 13.4. The fraction of sp³-hybridized carbons (Fsp3) is 0.107. The number of Topliss-reactive ketones (excluding diaryl/α,β-unsaturated/α-hetero) is 1. The van der Waals surface area contributed by atoms with Gasteiger partial charge in [0.1, 0.15) is 9.67 Å². The highest BCUT2D eigenvalue weighted by Crippen LogP contribution is 2.21. The summed E-state index contributed by atoms with van der Waals surface area (Å²) < 4.78 is 3.93. The van der Waals surface area contributed by atoms with E-state index in [0.29, 0.717) is 14.8 Å². The van der Waals surface area contributed by atoms with Crippen molar-refractivity contribution in [3.63, 3.8) is 0 Å². The molecule has 0 unspecified atom stereocenters. The molecule has 0 radical (unpaired) electrons. The molecule has 5 rings (SSSR count). The summed E-state index contributed by atoms with van der Waals surface area (Å²) in [6, 6.07) is 25.0. The van der Waals surface area contributed by atoms with Crippen molar-refractivity contribution in [1.82, 2.24) is 9.55 Å². The minimum absolute atomic E-state index is 0.0243. The van der Waals surface area contributed by atoms with Crippen molar-refractivity contribution >= 4 is 56.5 Å². The maximum Gasteiger partial charge on any atom is 0.269 e. The highest BCUT2D eigenvalue weighted by atomic mass is 32.1. The summed E-state index contributed by atoms with van der Waals surface area (Å²) in [7, 11) is 3.98. The van der Waals surface area contributed by atoms with Gasteiger partial charge in [-0.15, -0.1) is 22.7 Å². The Hall–Kier alpha value is -3.81. The van der Waals surface area contributed by atoms with Gasteiger partial charge < -0.3 is 4.90 Å². The summed E-state index contributed by atoms with van der Waals surface area (Å²) in [6.07, 6.45) is 3.78. The first-order chi connectivity index (χ1) is 17.0. The third-order valence-corrected chi connectivity index (χ3v) is 7.64. The lowest BCUT2D eigenvalue weighted by molar-refractivity contribution is 0.0970. The summed E-state index contributed by atoms with van der Waals surface area (Å²) in [6.45, 7) is -0.0243. The van der Waals surface area contributed by atoms with E-state index in [9.17, 15) is 9.59 Å². The zero-order chi connectivity index (χ0) is 24.4. The fourth-order valence-electron chi connectivity index (χ4n) is 3.73. The van der Waals surface area contributed by atoms with Gasteiger partial charge in [-0.2, -0.15) is 0 Å². The fourth-order valence-corrected chi connectivity index (χ4v) is 5.75. The van der Waals surface area contributed by atoms with Crippen LogP contribution in [0.3, 0.4) is 0 Å². The van der Waals surface area contributed by atoms with Crippen molar-refractivity contribution in [1.29, 1.82) is 0 Å². The van der Waals surface area contributed by atoms with Gasteiger partial charge in [0.05, 0.1) is 21.3 Å². The number of aromatic nitrogens is 2. The molecule has 0 aliphatic heterocycles. The lowest BCUT2D eigenvalue weighted by Crippen LogP contribution is -2.34. The van der Waals surface area contributed by atoms with E-state index in [1.807, 2.05) is 97.9 Å². The number of hydrogen-bond acceptors (Lipinski definition) is 6. The molecule has 174 valence electrons. The van der Waals surface area contributed by atoms with E-state index in [1.165, 1.54) is 11.3 Å². The van der Waals surface area contributed by atoms with E-state index < -0.39 is 0 Å². The van der Waals surface area contributed by atoms with Crippen LogP contribution in [0.1, 0.15) is 20.9 Å². The third kappa shape index (κ3) is 5.01. The molecule has 0 aliphatic rings. The second kappa shape index (κ2) is 9.82. The van der Waals surface area contributed by atoms with Crippen LogP contribution in [0.5, 0.6) is 0 Å². The molecule has 3 aromatic carbocycles. The Morgan fingerprint density at radius 3 is 2.34 bits per heavy atom. The molecule has 0 aliphatic carbocycles. The minimum atomic E-state index is -0.177. The molecule has 0 spiro atoms. The molecular formula is C28H23N3O2S2. The van der Waals surface area contributed by atoms with Gasteiger partial charge in [-0.1, -0.05) is 54.6 Å². The summed E-state index contributed by atoms with van der Waals surface area (Å²) >= 11 is 2.94. The van der Waals surface area contributed by atoms with Crippen molar-refractivity contribution in [2.45, 2.75) is 6.54 Å². The zero-order valence-electron chi connectivity index (χ0n) is 19.3. The number of carbonyl (C=O) groups excluding carboxylic acids is 1. The molecule has 5 nitrogen and oxygen atoms in total. The molecule has 0 saturated carbocycles. The van der Waals surface area contributed by atoms with Gasteiger partial charge >= 0.3 is 0 Å². The van der Waals surface area contributed by atoms with E-state index in [4.69, 9.17) is 4.98 Å². The van der Waals surface area contributed by atoms with E-state index in [1.54, 1.807) is 28.0 Å². The van der Waals surface area contributed by atoms with Crippen LogP contribution >= 0.6 is 22.7 Å². The maximum absolute atomic E-state index is 13.4. The lowest BCUT2D eigenvalue weighted by atomic mass is 10.1. The Labute approximate surface area is 210 Å². The van der Waals surface area contributed by atoms with Gasteiger partial charge in [0.25, 0.3) is 5.56 Å². The Bertz CT molecular complexity index is 1650. The average molecular weight is 498 g/mol. The van der Waals surface area contributed by atoms with Crippen LogP contribution < -0.4 is 19.7 Å². The topological polar surface area (TPSA) is 55.2 Å². The molecule has 0 fully saturated rings. The zero-order valence-corrected chi connectivity index (χ0v) is 21.0. The predicted octanol–water partition coefficient (Wildman–Crippen LogP) is 4.13. The number of carbonyl (C=O) groups is 1. The van der Waals surface area contributed by atoms with Crippen LogP contribution in [-0.4, -0.2) is 29.4 Å². The number of rotatable bonds is 6. The Kier molecular flexibility index (Phi) is 6.44. The highest BCUT2D eigenvalue weighted by molar-refractivity contribution is 7.19. The van der Waals surface area contributed by atoms with Gasteiger partial charge in [-0.3, -0.25) is 14.2 Å². The van der Waals surface area contributed by atoms with Gasteiger partial charge in [0.15, 0.2) is 5.78 Å². The highest BCUT2D eigenvalue weighted by Gasteiger charge is 2.12. The molecule has 5 aromatic rings. The molecule has 0 bridgehead atoms. The number of hydrogen-bond donors (Lipinski definition) is 0. The quantitative estimate of drug-likeness (QED) is 0.331. The van der Waals surface area contributed by atoms with E-state index in [2.05, 4.69) is 0 Å². The van der Waals surface area contributed by atoms with Crippen molar-refractivity contribution < 1.29 is 4.79 Å². The molecule has 2 aromatic heterocycles. The molecule has 0 saturated heterocycles. The van der Waals surface area contributed by atoms with Crippen molar-refractivity contribution in [2.75, 3.05) is 19.0 Å². The SMILES string of the molecule is CN(C)c1ccc(C=c2sc(=Cc3nc4ccccc4s3)n(CC(=O)c3ccccc3)c2=O)cc1. The molecule has 35 heavy (non-hydrogen) atoms. The van der Waals surface area contributed by atoms with Gasteiger partial charge in [0, 0.05) is 31.4 Å². The standard InChI is InChI=1S/C28H23N3O2S2/c1-30(2)21-14-12-19(13-15-21)16-25-28(33)31(18-23(32)20-8-4-3-5-9-20)27(35-25)17-26-29-22-10-6-7-11-24(22)34-26/h3-17H,18H2,1-2H3. The number of anilines is 1. The molecule has 0 atom stereocenters. The van der Waals surface area contributed by atoms with Crippen LogP contribution in [0.15, 0.2) is 83.7 Å². The summed E-state index contributed by atoms with van der Waals surface area (Å²) in [5.41, 5.74) is 3.35. The molecular weight excluding hydrogens is 474 g/mol. The monoisotopic (exact) mass is 497 g/mol. The molecule has 2 heterocycles. The first-order valence-electron chi connectivity index (χ1n) is 11.1. The number of benzene rings is 3. The number of ketones is 1. The number of fused-ring (bicyclic) bond motifs is 1. The van der Waals surface area contributed by atoms with Crippen molar-refractivity contribution in [3.05, 3.63) is 115 Å². The number of nitrogens with zero attached hydrogens (tertiary/aromatic N) is 3. The Morgan fingerprint density at radius 2 is 1.63 bits per heavy atom. The van der Waals surface area contributed by atoms with Gasteiger partial charge in [0.2, 0.25) is 0 Å². The van der Waals surface area contributed by atoms with E-state index >= 15 is 0 Å². The number of thiazole rings is 2. The van der Waals surface area contributed by atoms with Crippen molar-refractivity contribution in [2.24, 2.45) is 0 Å². The average Bonchev–Trinajstić information content (AvgIpc) is 3.40. The third-order valence-electron chi connectivity index (χ3n) is 5.60. The normalized spacial score (nSPS) is 12.4. The smallest absolute Gasteiger partial charge is 0.269 e. The number of para-hydroxylation sites is 1. The van der Waals surface area contributed by atoms with Crippen LogP contribution in [0, 0.1) is 0 Å². The summed E-state index contributed by atoms with van der Waals surface area (Å²) in [4.78, 5) is 33.1. The summed E-state index contributed by atoms with van der Waals surface area (Å²) in [5, 5.41) is 0.801. The van der Waals surface area contributed by atoms with Crippen LogP contribution in [-0.2, 0) is 6.54 Å².